The molecule has 0 radical (unpaired) electrons. The molecule has 0 spiro atoms. The maximum Gasteiger partial charge on any atom is 0.256 e. The summed E-state index contributed by atoms with van der Waals surface area (Å²) in [6, 6.07) is 14.3. The van der Waals surface area contributed by atoms with E-state index in [1.807, 2.05) is 24.5 Å². The van der Waals surface area contributed by atoms with E-state index in [2.05, 4.69) is 10.6 Å². The summed E-state index contributed by atoms with van der Waals surface area (Å²) in [6.07, 6.45) is 1.93. The number of hydrogen-bond acceptors (Lipinski definition) is 3. The Morgan fingerprint density at radius 1 is 1.00 bits per heavy atom. The van der Waals surface area contributed by atoms with E-state index < -0.39 is 0 Å². The van der Waals surface area contributed by atoms with Gasteiger partial charge in [0.1, 0.15) is 0 Å². The first-order valence-corrected chi connectivity index (χ1v) is 7.64. The van der Waals surface area contributed by atoms with Crippen LogP contribution in [0.25, 0.3) is 0 Å². The second-order valence-electron chi connectivity index (χ2n) is 4.31. The lowest BCUT2D eigenvalue weighted by molar-refractivity contribution is 0.0961. The molecule has 0 atom stereocenters. The van der Waals surface area contributed by atoms with Crippen molar-refractivity contribution in [2.75, 3.05) is 18.6 Å². The maximum atomic E-state index is 12.3. The van der Waals surface area contributed by atoms with E-state index in [1.54, 1.807) is 37.4 Å². The van der Waals surface area contributed by atoms with Crippen LogP contribution in [0.15, 0.2) is 53.4 Å². The van der Waals surface area contributed by atoms with Crippen LogP contribution in [-0.2, 0) is 0 Å². The SMILES string of the molecule is CNC(=O)c1cccc(NC(=O)c2ccccc2SC)c1. The molecule has 2 N–H and O–H groups in total. The van der Waals surface area contributed by atoms with Crippen LogP contribution >= 0.6 is 11.8 Å². The van der Waals surface area contributed by atoms with Crippen molar-refractivity contribution in [2.45, 2.75) is 4.90 Å². The number of amides is 2. The summed E-state index contributed by atoms with van der Waals surface area (Å²) in [5.41, 5.74) is 1.72. The van der Waals surface area contributed by atoms with Gasteiger partial charge in [0.05, 0.1) is 5.56 Å². The van der Waals surface area contributed by atoms with Crippen molar-refractivity contribution in [2.24, 2.45) is 0 Å². The van der Waals surface area contributed by atoms with Crippen molar-refractivity contribution in [3.63, 3.8) is 0 Å². The highest BCUT2D eigenvalue weighted by atomic mass is 32.2. The Morgan fingerprint density at radius 3 is 2.48 bits per heavy atom. The number of carbonyl (C=O) groups is 2. The van der Waals surface area contributed by atoms with Gasteiger partial charge in [0.15, 0.2) is 0 Å². The summed E-state index contributed by atoms with van der Waals surface area (Å²) in [6.45, 7) is 0. The maximum absolute atomic E-state index is 12.3. The largest absolute Gasteiger partial charge is 0.355 e. The lowest BCUT2D eigenvalue weighted by atomic mass is 10.1. The van der Waals surface area contributed by atoms with Gasteiger partial charge in [-0.15, -0.1) is 11.8 Å². The Bertz CT molecular complexity index is 671. The molecule has 108 valence electrons. The van der Waals surface area contributed by atoms with Crippen LogP contribution in [0.1, 0.15) is 20.7 Å². The standard InChI is InChI=1S/C16H16N2O2S/c1-17-15(19)11-6-5-7-12(10-11)18-16(20)13-8-3-4-9-14(13)21-2/h3-10H,1-2H3,(H,17,19)(H,18,20). The zero-order chi connectivity index (χ0) is 15.2. The summed E-state index contributed by atoms with van der Waals surface area (Å²) in [7, 11) is 1.57. The summed E-state index contributed by atoms with van der Waals surface area (Å²) in [4.78, 5) is 24.8. The minimum Gasteiger partial charge on any atom is -0.355 e. The molecular weight excluding hydrogens is 284 g/mol. The summed E-state index contributed by atoms with van der Waals surface area (Å²) in [5, 5.41) is 5.38. The molecule has 21 heavy (non-hydrogen) atoms. The van der Waals surface area contributed by atoms with E-state index in [9.17, 15) is 9.59 Å². The highest BCUT2D eigenvalue weighted by Gasteiger charge is 2.11. The summed E-state index contributed by atoms with van der Waals surface area (Å²) >= 11 is 1.52. The number of nitrogens with one attached hydrogen (secondary N) is 2. The second-order valence-corrected chi connectivity index (χ2v) is 5.16. The third-order valence-electron chi connectivity index (χ3n) is 2.96. The third-order valence-corrected chi connectivity index (χ3v) is 3.76. The minimum absolute atomic E-state index is 0.185. The first kappa shape index (κ1) is 15.1. The molecule has 5 heteroatoms. The average Bonchev–Trinajstić information content (AvgIpc) is 2.54. The van der Waals surface area contributed by atoms with Crippen molar-refractivity contribution in [1.29, 1.82) is 0 Å². The zero-order valence-electron chi connectivity index (χ0n) is 11.8. The molecule has 0 aliphatic heterocycles. The molecule has 0 aliphatic carbocycles. The van der Waals surface area contributed by atoms with Gasteiger partial charge < -0.3 is 10.6 Å². The lowest BCUT2D eigenvalue weighted by Gasteiger charge is -2.09. The van der Waals surface area contributed by atoms with Crippen LogP contribution in [0.4, 0.5) is 5.69 Å². The van der Waals surface area contributed by atoms with Gasteiger partial charge in [-0.25, -0.2) is 0 Å². The summed E-state index contributed by atoms with van der Waals surface area (Å²) < 4.78 is 0. The molecule has 0 saturated carbocycles. The zero-order valence-corrected chi connectivity index (χ0v) is 12.7. The first-order valence-electron chi connectivity index (χ1n) is 6.42. The molecule has 2 amide bonds. The smallest absolute Gasteiger partial charge is 0.256 e. The molecule has 2 aromatic rings. The normalized spacial score (nSPS) is 10.0. The van der Waals surface area contributed by atoms with Crippen molar-refractivity contribution < 1.29 is 9.59 Å². The molecule has 0 heterocycles. The van der Waals surface area contributed by atoms with E-state index >= 15 is 0 Å². The number of anilines is 1. The Labute approximate surface area is 127 Å². The number of hydrogen-bond donors (Lipinski definition) is 2. The lowest BCUT2D eigenvalue weighted by Crippen LogP contribution is -2.18. The van der Waals surface area contributed by atoms with Gasteiger partial charge >= 0.3 is 0 Å². The average molecular weight is 300 g/mol. The van der Waals surface area contributed by atoms with Gasteiger partial charge in [-0.1, -0.05) is 18.2 Å². The summed E-state index contributed by atoms with van der Waals surface area (Å²) in [5.74, 6) is -0.371. The van der Waals surface area contributed by atoms with Crippen LogP contribution in [0, 0.1) is 0 Å². The highest BCUT2D eigenvalue weighted by Crippen LogP contribution is 2.21. The van der Waals surface area contributed by atoms with Gasteiger partial charge in [0.25, 0.3) is 11.8 Å². The van der Waals surface area contributed by atoms with E-state index in [0.717, 1.165) is 4.90 Å². The molecule has 0 bridgehead atoms. The van der Waals surface area contributed by atoms with Crippen LogP contribution < -0.4 is 10.6 Å². The Kier molecular flexibility index (Phi) is 5.00. The first-order chi connectivity index (χ1) is 10.2. The molecule has 0 aromatic heterocycles. The van der Waals surface area contributed by atoms with Crippen molar-refractivity contribution in [3.8, 4) is 0 Å². The van der Waals surface area contributed by atoms with E-state index in [-0.39, 0.29) is 11.8 Å². The second kappa shape index (κ2) is 6.95. The molecule has 0 unspecified atom stereocenters. The fourth-order valence-electron chi connectivity index (χ4n) is 1.91. The van der Waals surface area contributed by atoms with Crippen LogP contribution in [0.2, 0.25) is 0 Å². The van der Waals surface area contributed by atoms with Crippen LogP contribution in [0.5, 0.6) is 0 Å². The van der Waals surface area contributed by atoms with E-state index in [1.165, 1.54) is 11.8 Å². The molecule has 2 rings (SSSR count). The molecule has 0 saturated heterocycles. The van der Waals surface area contributed by atoms with Crippen molar-refractivity contribution in [3.05, 3.63) is 59.7 Å². The molecule has 0 fully saturated rings. The van der Waals surface area contributed by atoms with Crippen LogP contribution in [-0.4, -0.2) is 25.1 Å². The van der Waals surface area contributed by atoms with Crippen molar-refractivity contribution >= 4 is 29.3 Å². The monoisotopic (exact) mass is 300 g/mol. The fraction of sp³-hybridized carbons (Fsp3) is 0.125. The van der Waals surface area contributed by atoms with E-state index in [0.29, 0.717) is 16.8 Å². The Balaban J connectivity index is 2.22. The third kappa shape index (κ3) is 3.64. The predicted molar refractivity (Wildman–Crippen MR) is 86.0 cm³/mol. The number of carbonyl (C=O) groups excluding carboxylic acids is 2. The minimum atomic E-state index is -0.186. The highest BCUT2D eigenvalue weighted by molar-refractivity contribution is 7.98. The van der Waals surface area contributed by atoms with Gasteiger partial charge in [-0.3, -0.25) is 9.59 Å². The van der Waals surface area contributed by atoms with Gasteiger partial charge in [-0.05, 0) is 36.6 Å². The van der Waals surface area contributed by atoms with Crippen LogP contribution in [0.3, 0.4) is 0 Å². The molecule has 0 aliphatic rings. The van der Waals surface area contributed by atoms with Gasteiger partial charge in [0.2, 0.25) is 0 Å². The predicted octanol–water partition coefficient (Wildman–Crippen LogP) is 3.02. The number of benzene rings is 2. The topological polar surface area (TPSA) is 58.2 Å². The van der Waals surface area contributed by atoms with E-state index in [4.69, 9.17) is 0 Å². The van der Waals surface area contributed by atoms with Gasteiger partial charge in [-0.2, -0.15) is 0 Å². The van der Waals surface area contributed by atoms with Gasteiger partial charge in [0, 0.05) is 23.2 Å². The molecule has 2 aromatic carbocycles. The quantitative estimate of drug-likeness (QED) is 0.853. The molecule has 4 nitrogen and oxygen atoms in total. The molecular formula is C16H16N2O2S. The number of rotatable bonds is 4. The fourth-order valence-corrected chi connectivity index (χ4v) is 2.51. The van der Waals surface area contributed by atoms with Crippen molar-refractivity contribution in [1.82, 2.24) is 5.32 Å². The Morgan fingerprint density at radius 2 is 1.76 bits per heavy atom. The Hall–Kier alpha value is -2.27. The number of thioether (sulfide) groups is 1.